The van der Waals surface area contributed by atoms with Crippen LogP contribution in [0.5, 0.6) is 0 Å². The molecule has 0 spiro atoms. The second-order valence-electron chi connectivity index (χ2n) is 3.48. The maximum atomic E-state index is 12.8. The highest BCUT2D eigenvalue weighted by Gasteiger charge is 2.24. The molecule has 1 N–H and O–H groups in total. The van der Waals surface area contributed by atoms with Crippen LogP contribution in [0, 0.1) is 10.5 Å². The number of nitrogens with zero attached hydrogens (tertiary/aromatic N) is 2. The van der Waals surface area contributed by atoms with E-state index in [1.165, 1.54) is 0 Å². The number of alkyl halides is 2. The van der Waals surface area contributed by atoms with Crippen molar-refractivity contribution < 1.29 is 18.7 Å². The molecule has 4 nitrogen and oxygen atoms in total. The predicted octanol–water partition coefficient (Wildman–Crippen LogP) is 2.77. The van der Waals surface area contributed by atoms with E-state index in [2.05, 4.69) is 5.10 Å². The fraction of sp³-hybridized carbons (Fsp3) is 0.556. The minimum atomic E-state index is -2.65. The van der Waals surface area contributed by atoms with Gasteiger partial charge >= 0.3 is 5.97 Å². The first-order chi connectivity index (χ1) is 7.34. The van der Waals surface area contributed by atoms with Gasteiger partial charge in [-0.1, -0.05) is 0 Å². The number of aromatic nitrogens is 2. The van der Waals surface area contributed by atoms with E-state index in [-0.39, 0.29) is 12.1 Å². The highest BCUT2D eigenvalue weighted by Crippen LogP contribution is 2.29. The summed E-state index contributed by atoms with van der Waals surface area (Å²) in [5.74, 6) is -1.03. The average molecular weight is 344 g/mol. The summed E-state index contributed by atoms with van der Waals surface area (Å²) < 4.78 is 27.1. The molecule has 0 bridgehead atoms. The molecule has 0 amide bonds. The summed E-state index contributed by atoms with van der Waals surface area (Å²) in [4.78, 5) is 10.5. The second kappa shape index (κ2) is 5.07. The van der Waals surface area contributed by atoms with Gasteiger partial charge in [-0.3, -0.25) is 9.48 Å². The van der Waals surface area contributed by atoms with Crippen LogP contribution in [0.4, 0.5) is 8.78 Å². The first-order valence-electron chi connectivity index (χ1n) is 4.59. The first-order valence-corrected chi connectivity index (χ1v) is 5.67. The van der Waals surface area contributed by atoms with Crippen LogP contribution < -0.4 is 0 Å². The topological polar surface area (TPSA) is 55.1 Å². The van der Waals surface area contributed by atoms with Crippen LogP contribution in [0.25, 0.3) is 0 Å². The third-order valence-electron chi connectivity index (χ3n) is 2.14. The van der Waals surface area contributed by atoms with Crippen LogP contribution in [-0.2, 0) is 4.79 Å². The Morgan fingerprint density at radius 3 is 2.62 bits per heavy atom. The Hall–Kier alpha value is -0.730. The van der Waals surface area contributed by atoms with E-state index in [0.29, 0.717) is 9.26 Å². The number of halogens is 3. The normalized spacial score (nSPS) is 13.1. The Morgan fingerprint density at radius 2 is 2.19 bits per heavy atom. The van der Waals surface area contributed by atoms with Gasteiger partial charge in [0.05, 0.1) is 21.7 Å². The molecule has 1 rings (SSSR count). The summed E-state index contributed by atoms with van der Waals surface area (Å²) >= 11 is 1.80. The number of hydrogen-bond acceptors (Lipinski definition) is 2. The summed E-state index contributed by atoms with van der Waals surface area (Å²) in [6, 6.07) is -0.580. The van der Waals surface area contributed by atoms with Gasteiger partial charge in [-0.2, -0.15) is 5.10 Å². The number of carbonyl (C=O) groups is 1. The van der Waals surface area contributed by atoms with Gasteiger partial charge in [-0.15, -0.1) is 0 Å². The average Bonchev–Trinajstić information content (AvgIpc) is 2.42. The Morgan fingerprint density at radius 1 is 1.62 bits per heavy atom. The third-order valence-corrected chi connectivity index (χ3v) is 3.47. The van der Waals surface area contributed by atoms with Crippen molar-refractivity contribution in [2.24, 2.45) is 0 Å². The van der Waals surface area contributed by atoms with Gasteiger partial charge in [-0.25, -0.2) is 8.78 Å². The number of carboxylic acid groups (broad SMARTS) is 1. The van der Waals surface area contributed by atoms with Crippen molar-refractivity contribution in [3.63, 3.8) is 0 Å². The zero-order valence-corrected chi connectivity index (χ0v) is 10.9. The van der Waals surface area contributed by atoms with Gasteiger partial charge in [-0.05, 0) is 36.4 Å². The van der Waals surface area contributed by atoms with Crippen molar-refractivity contribution in [2.75, 3.05) is 0 Å². The van der Waals surface area contributed by atoms with E-state index >= 15 is 0 Å². The largest absolute Gasteiger partial charge is 0.481 e. The third kappa shape index (κ3) is 2.69. The quantitative estimate of drug-likeness (QED) is 0.855. The number of carboxylic acids is 1. The first kappa shape index (κ1) is 13.3. The molecular formula is C9H11F2IN2O2. The van der Waals surface area contributed by atoms with E-state index in [0.717, 1.165) is 4.68 Å². The highest BCUT2D eigenvalue weighted by molar-refractivity contribution is 14.1. The molecule has 1 atom stereocenters. The van der Waals surface area contributed by atoms with Gasteiger partial charge in [0.2, 0.25) is 0 Å². The molecule has 0 saturated carbocycles. The van der Waals surface area contributed by atoms with E-state index < -0.39 is 18.4 Å². The lowest BCUT2D eigenvalue weighted by molar-refractivity contribution is -0.137. The molecule has 1 aromatic rings. The van der Waals surface area contributed by atoms with Gasteiger partial charge in [0.15, 0.2) is 0 Å². The summed E-state index contributed by atoms with van der Waals surface area (Å²) in [6.07, 6.45) is -2.87. The fourth-order valence-electron chi connectivity index (χ4n) is 1.42. The molecule has 0 aliphatic heterocycles. The molecular weight excluding hydrogens is 333 g/mol. The molecule has 0 aliphatic carbocycles. The SMILES string of the molecule is Cc1nn([C@H](C)CC(=O)O)c(C(F)F)c1I. The van der Waals surface area contributed by atoms with Gasteiger partial charge < -0.3 is 5.11 Å². The van der Waals surface area contributed by atoms with Crippen LogP contribution in [0.1, 0.15) is 37.2 Å². The standard InChI is InChI=1S/C9H11F2IN2O2/c1-4(3-6(15)16)14-8(9(10)11)7(12)5(2)13-14/h4,9H,3H2,1-2H3,(H,15,16)/t4-/m1/s1. The zero-order valence-electron chi connectivity index (χ0n) is 8.75. The lowest BCUT2D eigenvalue weighted by atomic mass is 10.2. The fourth-order valence-corrected chi connectivity index (χ4v) is 2.01. The molecule has 0 aromatic carbocycles. The molecule has 16 heavy (non-hydrogen) atoms. The van der Waals surface area contributed by atoms with Crippen molar-refractivity contribution in [1.82, 2.24) is 9.78 Å². The molecule has 1 heterocycles. The maximum Gasteiger partial charge on any atom is 0.305 e. The molecule has 0 radical (unpaired) electrons. The Bertz CT molecular complexity index is 406. The van der Waals surface area contributed by atoms with Crippen molar-refractivity contribution in [3.8, 4) is 0 Å². The smallest absolute Gasteiger partial charge is 0.305 e. The zero-order chi connectivity index (χ0) is 12.5. The molecule has 1 aromatic heterocycles. The van der Waals surface area contributed by atoms with E-state index in [1.54, 1.807) is 36.4 Å². The minimum Gasteiger partial charge on any atom is -0.481 e. The van der Waals surface area contributed by atoms with Crippen molar-refractivity contribution in [2.45, 2.75) is 32.7 Å². The van der Waals surface area contributed by atoms with Gasteiger partial charge in [0.25, 0.3) is 6.43 Å². The summed E-state index contributed by atoms with van der Waals surface area (Å²) in [6.45, 7) is 3.18. The number of hydrogen-bond donors (Lipinski definition) is 1. The Balaban J connectivity index is 3.12. The summed E-state index contributed by atoms with van der Waals surface area (Å²) in [7, 11) is 0. The second-order valence-corrected chi connectivity index (χ2v) is 4.56. The van der Waals surface area contributed by atoms with Crippen molar-refractivity contribution in [3.05, 3.63) is 15.0 Å². The van der Waals surface area contributed by atoms with Crippen LogP contribution in [0.15, 0.2) is 0 Å². The molecule has 0 unspecified atom stereocenters. The minimum absolute atomic E-state index is 0.202. The molecule has 0 aliphatic rings. The highest BCUT2D eigenvalue weighted by atomic mass is 127. The molecule has 7 heteroatoms. The lowest BCUT2D eigenvalue weighted by Crippen LogP contribution is -2.15. The van der Waals surface area contributed by atoms with Gasteiger partial charge in [0, 0.05) is 0 Å². The molecule has 90 valence electrons. The van der Waals surface area contributed by atoms with E-state index in [4.69, 9.17) is 5.11 Å². The predicted molar refractivity (Wildman–Crippen MR) is 61.6 cm³/mol. The molecule has 0 saturated heterocycles. The summed E-state index contributed by atoms with van der Waals surface area (Å²) in [5, 5.41) is 12.6. The number of aryl methyl sites for hydroxylation is 1. The lowest BCUT2D eigenvalue weighted by Gasteiger charge is -2.13. The molecule has 0 fully saturated rings. The Labute approximate surface area is 105 Å². The monoisotopic (exact) mass is 344 g/mol. The van der Waals surface area contributed by atoms with E-state index in [9.17, 15) is 13.6 Å². The van der Waals surface area contributed by atoms with Crippen LogP contribution in [-0.4, -0.2) is 20.9 Å². The van der Waals surface area contributed by atoms with Crippen LogP contribution >= 0.6 is 22.6 Å². The Kier molecular flexibility index (Phi) is 4.22. The summed E-state index contributed by atoms with van der Waals surface area (Å²) in [5.41, 5.74) is 0.292. The van der Waals surface area contributed by atoms with Crippen molar-refractivity contribution in [1.29, 1.82) is 0 Å². The van der Waals surface area contributed by atoms with Crippen LogP contribution in [0.2, 0.25) is 0 Å². The maximum absolute atomic E-state index is 12.8. The number of aliphatic carboxylic acids is 1. The van der Waals surface area contributed by atoms with E-state index in [1.807, 2.05) is 0 Å². The van der Waals surface area contributed by atoms with Crippen LogP contribution in [0.3, 0.4) is 0 Å². The van der Waals surface area contributed by atoms with Crippen molar-refractivity contribution >= 4 is 28.6 Å². The van der Waals surface area contributed by atoms with Gasteiger partial charge in [0.1, 0.15) is 5.69 Å². The number of rotatable bonds is 4.